The van der Waals surface area contributed by atoms with E-state index < -0.39 is 34.3 Å². The standard InChI is InChI=1S/C11H14F3N3O2S.C7H4FNO/c12-11(13,14)9-2-1-8(5-16-9)20(19)17-4-3-10(18,6-15)7-17;8-7-3-6(10)2-1-5(7)4-9/h1-2,5,18H,3-4,6-7,15H2;1-3,10H. The molecule has 0 amide bonds. The number of nitrogens with zero attached hydrogens (tertiary/aromatic N) is 3. The molecule has 1 aromatic heterocycles. The third-order valence-electron chi connectivity index (χ3n) is 4.21. The Bertz CT molecular complexity index is 950. The summed E-state index contributed by atoms with van der Waals surface area (Å²) in [6.45, 7) is 0.532. The highest BCUT2D eigenvalue weighted by Crippen LogP contribution is 2.29. The zero-order valence-corrected chi connectivity index (χ0v) is 16.3. The topological polar surface area (TPSA) is 123 Å². The van der Waals surface area contributed by atoms with E-state index in [9.17, 15) is 26.9 Å². The number of nitriles is 1. The summed E-state index contributed by atoms with van der Waals surface area (Å²) in [5, 5.41) is 26.9. The third-order valence-corrected chi connectivity index (χ3v) is 5.64. The molecule has 0 spiro atoms. The van der Waals surface area contributed by atoms with Gasteiger partial charge in [0.25, 0.3) is 0 Å². The first kappa shape index (κ1) is 23.7. The minimum Gasteiger partial charge on any atom is -0.508 e. The normalized spacial score (nSPS) is 20.2. The van der Waals surface area contributed by atoms with E-state index in [0.717, 1.165) is 24.4 Å². The highest BCUT2D eigenvalue weighted by Gasteiger charge is 2.38. The van der Waals surface area contributed by atoms with Crippen LogP contribution >= 0.6 is 0 Å². The molecule has 2 heterocycles. The summed E-state index contributed by atoms with van der Waals surface area (Å²) in [5.74, 6) is -0.862. The molecule has 4 N–H and O–H groups in total. The van der Waals surface area contributed by atoms with Gasteiger partial charge in [0, 0.05) is 31.9 Å². The number of hydrogen-bond donors (Lipinski definition) is 3. The Balaban J connectivity index is 0.000000269. The van der Waals surface area contributed by atoms with Crippen LogP contribution in [0.25, 0.3) is 0 Å². The number of aromatic nitrogens is 1. The van der Waals surface area contributed by atoms with E-state index in [-0.39, 0.29) is 29.3 Å². The average molecular weight is 446 g/mol. The number of phenolic OH excluding ortho intramolecular Hbond substituents is 1. The molecule has 1 aliphatic rings. The van der Waals surface area contributed by atoms with Crippen LogP contribution in [0.2, 0.25) is 0 Å². The van der Waals surface area contributed by atoms with Crippen molar-refractivity contribution in [3.05, 3.63) is 53.6 Å². The van der Waals surface area contributed by atoms with Crippen molar-refractivity contribution >= 4 is 11.0 Å². The van der Waals surface area contributed by atoms with E-state index in [0.29, 0.717) is 13.0 Å². The van der Waals surface area contributed by atoms with Crippen molar-refractivity contribution in [1.29, 1.82) is 5.26 Å². The fraction of sp³-hybridized carbons (Fsp3) is 0.333. The molecule has 1 aromatic carbocycles. The van der Waals surface area contributed by atoms with Gasteiger partial charge in [-0.15, -0.1) is 0 Å². The predicted molar refractivity (Wildman–Crippen MR) is 98.6 cm³/mol. The number of rotatable bonds is 3. The van der Waals surface area contributed by atoms with E-state index >= 15 is 0 Å². The summed E-state index contributed by atoms with van der Waals surface area (Å²) in [5.41, 5.74) is 3.25. The van der Waals surface area contributed by atoms with E-state index in [4.69, 9.17) is 16.1 Å². The molecule has 0 saturated carbocycles. The highest BCUT2D eigenvalue weighted by atomic mass is 32.2. The molecule has 3 rings (SSSR count). The van der Waals surface area contributed by atoms with E-state index in [1.807, 2.05) is 0 Å². The molecular weight excluding hydrogens is 428 g/mol. The van der Waals surface area contributed by atoms with Gasteiger partial charge in [0.15, 0.2) is 0 Å². The van der Waals surface area contributed by atoms with Crippen LogP contribution < -0.4 is 5.73 Å². The van der Waals surface area contributed by atoms with Gasteiger partial charge in [0.2, 0.25) is 0 Å². The number of aromatic hydroxyl groups is 1. The summed E-state index contributed by atoms with van der Waals surface area (Å²) >= 11 is 0. The van der Waals surface area contributed by atoms with Crippen molar-refractivity contribution in [2.75, 3.05) is 19.6 Å². The Morgan fingerprint density at radius 2 is 2.03 bits per heavy atom. The van der Waals surface area contributed by atoms with Crippen molar-refractivity contribution in [1.82, 2.24) is 9.29 Å². The molecule has 30 heavy (non-hydrogen) atoms. The van der Waals surface area contributed by atoms with Gasteiger partial charge in [-0.1, -0.05) is 0 Å². The maximum atomic E-state index is 12.5. The molecule has 2 aromatic rings. The quantitative estimate of drug-likeness (QED) is 0.619. The molecule has 7 nitrogen and oxygen atoms in total. The van der Waals surface area contributed by atoms with Gasteiger partial charge in [-0.3, -0.25) is 4.98 Å². The fourth-order valence-corrected chi connectivity index (χ4v) is 3.76. The number of aliphatic hydroxyl groups is 1. The number of hydrogen-bond acceptors (Lipinski definition) is 6. The lowest BCUT2D eigenvalue weighted by atomic mass is 10.1. The zero-order chi connectivity index (χ0) is 22.5. The molecule has 0 bridgehead atoms. The van der Waals surface area contributed by atoms with Crippen molar-refractivity contribution < 1.29 is 32.0 Å². The second-order valence-electron chi connectivity index (χ2n) is 6.44. The van der Waals surface area contributed by atoms with Crippen LogP contribution in [0, 0.1) is 17.1 Å². The van der Waals surface area contributed by atoms with Crippen LogP contribution in [0.4, 0.5) is 17.6 Å². The zero-order valence-electron chi connectivity index (χ0n) is 15.4. The van der Waals surface area contributed by atoms with Crippen molar-refractivity contribution in [2.45, 2.75) is 23.1 Å². The van der Waals surface area contributed by atoms with Crippen molar-refractivity contribution in [3.63, 3.8) is 0 Å². The SMILES string of the molecule is N#Cc1ccc(O)cc1F.NCC1(O)CCN(S(=O)c2ccc(C(F)(F)F)nc2)C1. The first-order valence-corrected chi connectivity index (χ1v) is 9.61. The van der Waals surface area contributed by atoms with E-state index in [1.54, 1.807) is 6.07 Å². The molecule has 1 fully saturated rings. The third kappa shape index (κ3) is 5.96. The van der Waals surface area contributed by atoms with Crippen LogP contribution in [0.1, 0.15) is 17.7 Å². The van der Waals surface area contributed by atoms with Crippen LogP contribution in [0.15, 0.2) is 41.4 Å². The van der Waals surface area contributed by atoms with Gasteiger partial charge >= 0.3 is 6.18 Å². The molecular formula is C18H18F4N4O3S. The minimum atomic E-state index is -4.52. The number of pyridine rings is 1. The number of nitrogens with two attached hydrogens (primary N) is 1. The number of benzene rings is 1. The lowest BCUT2D eigenvalue weighted by Gasteiger charge is -2.20. The lowest BCUT2D eigenvalue weighted by Crippen LogP contribution is -2.40. The monoisotopic (exact) mass is 446 g/mol. The van der Waals surface area contributed by atoms with Gasteiger partial charge in [0.1, 0.15) is 34.3 Å². The molecule has 0 radical (unpaired) electrons. The van der Waals surface area contributed by atoms with E-state index in [2.05, 4.69) is 4.98 Å². The van der Waals surface area contributed by atoms with Gasteiger partial charge < -0.3 is 15.9 Å². The number of β-amino-alcohol motifs (C(OH)–C–C–N with tert-alkyl or cyclic N) is 1. The van der Waals surface area contributed by atoms with Crippen LogP contribution in [0.5, 0.6) is 5.75 Å². The lowest BCUT2D eigenvalue weighted by molar-refractivity contribution is -0.141. The summed E-state index contributed by atoms with van der Waals surface area (Å²) in [4.78, 5) is 3.43. The fourth-order valence-electron chi connectivity index (χ4n) is 2.52. The predicted octanol–water partition coefficient (Wildman–Crippen LogP) is 1.92. The maximum Gasteiger partial charge on any atom is 0.433 e. The Kier molecular flexibility index (Phi) is 7.49. The second kappa shape index (κ2) is 9.48. The Hall–Kier alpha value is -2.59. The number of alkyl halides is 3. The summed E-state index contributed by atoms with van der Waals surface area (Å²) in [6, 6.07) is 6.95. The van der Waals surface area contributed by atoms with Gasteiger partial charge in [-0.05, 0) is 30.7 Å². The largest absolute Gasteiger partial charge is 0.508 e. The second-order valence-corrected chi connectivity index (χ2v) is 7.93. The van der Waals surface area contributed by atoms with Crippen molar-refractivity contribution in [2.24, 2.45) is 5.73 Å². The van der Waals surface area contributed by atoms with Crippen molar-refractivity contribution in [3.8, 4) is 11.8 Å². The smallest absolute Gasteiger partial charge is 0.433 e. The van der Waals surface area contributed by atoms with Crippen LogP contribution in [0.3, 0.4) is 0 Å². The highest BCUT2D eigenvalue weighted by molar-refractivity contribution is 7.82. The summed E-state index contributed by atoms with van der Waals surface area (Å²) in [6.07, 6.45) is -3.20. The molecule has 0 aliphatic carbocycles. The average Bonchev–Trinajstić information content (AvgIpc) is 3.10. The van der Waals surface area contributed by atoms with Crippen LogP contribution in [-0.2, 0) is 17.2 Å². The molecule has 12 heteroatoms. The molecule has 1 aliphatic heterocycles. The number of phenols is 1. The summed E-state index contributed by atoms with van der Waals surface area (Å²) < 4.78 is 63.2. The minimum absolute atomic E-state index is 0.0476. The van der Waals surface area contributed by atoms with E-state index in [1.165, 1.54) is 16.4 Å². The van der Waals surface area contributed by atoms with Gasteiger partial charge in [0.05, 0.1) is 16.1 Å². The molecule has 2 atom stereocenters. The number of halogens is 4. The molecule has 1 saturated heterocycles. The Morgan fingerprint density at radius 1 is 1.33 bits per heavy atom. The molecule has 162 valence electrons. The Labute approximate surface area is 172 Å². The first-order chi connectivity index (χ1) is 14.0. The summed E-state index contributed by atoms with van der Waals surface area (Å²) in [7, 11) is -1.65. The van der Waals surface area contributed by atoms with Gasteiger partial charge in [-0.25, -0.2) is 12.9 Å². The molecule has 2 unspecified atom stereocenters. The van der Waals surface area contributed by atoms with Crippen LogP contribution in [-0.4, -0.2) is 48.9 Å². The van der Waals surface area contributed by atoms with Gasteiger partial charge in [-0.2, -0.15) is 18.4 Å². The maximum absolute atomic E-state index is 12.5. The Morgan fingerprint density at radius 3 is 2.50 bits per heavy atom. The first-order valence-electron chi connectivity index (χ1n) is 8.50.